The van der Waals surface area contributed by atoms with E-state index in [0.717, 1.165) is 33.2 Å². The molecule has 0 aliphatic heterocycles. The summed E-state index contributed by atoms with van der Waals surface area (Å²) < 4.78 is 17.0. The molecule has 0 unspecified atom stereocenters. The second-order valence-electron chi connectivity index (χ2n) is 13.9. The Hall–Kier alpha value is -4.96. The molecule has 1 aliphatic rings. The van der Waals surface area contributed by atoms with Gasteiger partial charge in [-0.2, -0.15) is 0 Å². The largest absolute Gasteiger partial charge is 0.455 e. The zero-order valence-electron chi connectivity index (χ0n) is 29.5. The second-order valence-corrected chi connectivity index (χ2v) is 13.9. The maximum atomic E-state index is 6.48. The van der Waals surface area contributed by atoms with Gasteiger partial charge in [0.05, 0.1) is 16.6 Å². The topological polar surface area (TPSA) is 31.6 Å². The van der Waals surface area contributed by atoms with Crippen LogP contribution in [0.5, 0.6) is 0 Å². The van der Waals surface area contributed by atoms with Gasteiger partial charge in [0.1, 0.15) is 11.2 Å². The van der Waals surface area contributed by atoms with E-state index in [4.69, 9.17) is 13.9 Å². The molecule has 0 atom stereocenters. The van der Waals surface area contributed by atoms with Gasteiger partial charge >= 0.3 is 0 Å². The first-order valence-electron chi connectivity index (χ1n) is 17.0. The number of aryl methyl sites for hydroxylation is 1. The van der Waals surface area contributed by atoms with Crippen molar-refractivity contribution in [1.82, 2.24) is 0 Å². The molecule has 246 valence electrons. The molecule has 6 aromatic carbocycles. The molecule has 0 saturated carbocycles. The first-order chi connectivity index (χ1) is 23.6. The Balaban J connectivity index is 0.000000332. The van der Waals surface area contributed by atoms with Gasteiger partial charge in [-0.05, 0) is 79.1 Å². The standard InChI is InChI=1S/C38H26O.C8H18O2/c1-25-11-9-17-32-33-18-10-16-29(37(33)39-36(25)32)26-21-23-28(24-22-26)38(27-12-3-2-4-13-27)34-19-7-5-14-30(34)31-15-6-8-20-35(31)38;1-7(2,9-5)8(3,4)10-6/h2-24H,1H3;1-6H3. The van der Waals surface area contributed by atoms with Gasteiger partial charge in [-0.3, -0.25) is 0 Å². The average Bonchev–Trinajstić information content (AvgIpc) is 3.68. The van der Waals surface area contributed by atoms with Gasteiger partial charge in [0.2, 0.25) is 0 Å². The molecule has 0 bridgehead atoms. The Labute approximate surface area is 290 Å². The van der Waals surface area contributed by atoms with Crippen LogP contribution >= 0.6 is 0 Å². The van der Waals surface area contributed by atoms with Gasteiger partial charge in [0, 0.05) is 30.6 Å². The Morgan fingerprint density at radius 1 is 0.469 bits per heavy atom. The van der Waals surface area contributed by atoms with Crippen molar-refractivity contribution in [2.75, 3.05) is 14.2 Å². The fourth-order valence-electron chi connectivity index (χ4n) is 7.29. The van der Waals surface area contributed by atoms with Crippen LogP contribution in [0.4, 0.5) is 0 Å². The summed E-state index contributed by atoms with van der Waals surface area (Å²) in [5, 5.41) is 2.33. The zero-order valence-corrected chi connectivity index (χ0v) is 29.5. The third-order valence-electron chi connectivity index (χ3n) is 11.0. The predicted molar refractivity (Wildman–Crippen MR) is 203 cm³/mol. The Kier molecular flexibility index (Phi) is 8.30. The Bertz CT molecular complexity index is 2200. The summed E-state index contributed by atoms with van der Waals surface area (Å²) in [4.78, 5) is 0. The molecule has 3 heteroatoms. The predicted octanol–water partition coefficient (Wildman–Crippen LogP) is 11.8. The van der Waals surface area contributed by atoms with E-state index in [0.29, 0.717) is 0 Å². The third kappa shape index (κ3) is 5.20. The van der Waals surface area contributed by atoms with Gasteiger partial charge < -0.3 is 13.9 Å². The van der Waals surface area contributed by atoms with Gasteiger partial charge in [-0.25, -0.2) is 0 Å². The minimum atomic E-state index is -0.380. The number of methoxy groups -OCH3 is 2. The monoisotopic (exact) mass is 644 g/mol. The fraction of sp³-hybridized carbons (Fsp3) is 0.217. The van der Waals surface area contributed by atoms with Crippen LogP contribution in [-0.2, 0) is 14.9 Å². The van der Waals surface area contributed by atoms with Crippen molar-refractivity contribution in [3.8, 4) is 22.3 Å². The summed E-state index contributed by atoms with van der Waals surface area (Å²) in [5.74, 6) is 0. The minimum absolute atomic E-state index is 0.234. The molecular formula is C46H44O3. The number of hydrogen-bond donors (Lipinski definition) is 0. The zero-order chi connectivity index (χ0) is 34.4. The van der Waals surface area contributed by atoms with Crippen molar-refractivity contribution in [3.63, 3.8) is 0 Å². The molecule has 7 aromatic rings. The van der Waals surface area contributed by atoms with Crippen LogP contribution in [0.25, 0.3) is 44.2 Å². The number of ether oxygens (including phenoxy) is 2. The molecule has 0 N–H and O–H groups in total. The lowest BCUT2D eigenvalue weighted by molar-refractivity contribution is -0.147. The van der Waals surface area contributed by atoms with Gasteiger partial charge in [0.25, 0.3) is 0 Å². The molecule has 0 amide bonds. The first-order valence-corrected chi connectivity index (χ1v) is 17.0. The summed E-state index contributed by atoms with van der Waals surface area (Å²) in [6, 6.07) is 50.7. The number of furan rings is 1. The average molecular weight is 645 g/mol. The quantitative estimate of drug-likeness (QED) is 0.180. The molecule has 1 heterocycles. The number of fused-ring (bicyclic) bond motifs is 6. The molecule has 49 heavy (non-hydrogen) atoms. The summed E-state index contributed by atoms with van der Waals surface area (Å²) in [7, 11) is 3.39. The highest BCUT2D eigenvalue weighted by Gasteiger charge is 2.45. The summed E-state index contributed by atoms with van der Waals surface area (Å²) in [6.45, 7) is 10.2. The number of para-hydroxylation sites is 2. The highest BCUT2D eigenvalue weighted by molar-refractivity contribution is 6.10. The van der Waals surface area contributed by atoms with Crippen LogP contribution in [-0.4, -0.2) is 25.4 Å². The Morgan fingerprint density at radius 3 is 1.51 bits per heavy atom. The van der Waals surface area contributed by atoms with Crippen LogP contribution in [0.15, 0.2) is 144 Å². The number of rotatable bonds is 6. The van der Waals surface area contributed by atoms with Gasteiger partial charge in [0.15, 0.2) is 0 Å². The minimum Gasteiger partial charge on any atom is -0.455 e. The molecule has 1 aromatic heterocycles. The fourth-order valence-corrected chi connectivity index (χ4v) is 7.29. The number of benzene rings is 6. The van der Waals surface area contributed by atoms with Crippen LogP contribution in [0, 0.1) is 6.92 Å². The highest BCUT2D eigenvalue weighted by Crippen LogP contribution is 2.56. The highest BCUT2D eigenvalue weighted by atomic mass is 16.5. The van der Waals surface area contributed by atoms with Crippen LogP contribution < -0.4 is 0 Å². The van der Waals surface area contributed by atoms with E-state index in [9.17, 15) is 0 Å². The van der Waals surface area contributed by atoms with E-state index in [-0.39, 0.29) is 16.6 Å². The van der Waals surface area contributed by atoms with Crippen molar-refractivity contribution in [2.45, 2.75) is 51.2 Å². The molecule has 1 aliphatic carbocycles. The lowest BCUT2D eigenvalue weighted by atomic mass is 9.67. The Morgan fingerprint density at radius 2 is 0.939 bits per heavy atom. The maximum absolute atomic E-state index is 6.48. The number of hydrogen-bond acceptors (Lipinski definition) is 3. The van der Waals surface area contributed by atoms with E-state index in [1.807, 2.05) is 27.7 Å². The summed E-state index contributed by atoms with van der Waals surface area (Å²) in [5.41, 5.74) is 12.3. The normalized spacial score (nSPS) is 13.5. The molecule has 0 spiro atoms. The van der Waals surface area contributed by atoms with Crippen molar-refractivity contribution in [2.24, 2.45) is 0 Å². The van der Waals surface area contributed by atoms with Crippen LogP contribution in [0.1, 0.15) is 55.5 Å². The van der Waals surface area contributed by atoms with E-state index >= 15 is 0 Å². The maximum Gasteiger partial charge on any atom is 0.143 e. The van der Waals surface area contributed by atoms with Crippen molar-refractivity contribution < 1.29 is 13.9 Å². The van der Waals surface area contributed by atoms with E-state index < -0.39 is 0 Å². The third-order valence-corrected chi connectivity index (χ3v) is 11.0. The van der Waals surface area contributed by atoms with E-state index in [1.165, 1.54) is 38.8 Å². The van der Waals surface area contributed by atoms with E-state index in [2.05, 4.69) is 146 Å². The molecule has 0 saturated heterocycles. The first kappa shape index (κ1) is 32.6. The molecule has 3 nitrogen and oxygen atoms in total. The SMILES string of the molecule is COC(C)(C)C(C)(C)OC.Cc1cccc2c1oc1c(-c3ccc(C4(c5ccccc5)c5ccccc5-c5ccccc54)cc3)cccc12. The van der Waals surface area contributed by atoms with E-state index in [1.54, 1.807) is 14.2 Å². The van der Waals surface area contributed by atoms with Gasteiger partial charge in [-0.15, -0.1) is 0 Å². The lowest BCUT2D eigenvalue weighted by Gasteiger charge is -2.38. The van der Waals surface area contributed by atoms with Crippen LogP contribution in [0.2, 0.25) is 0 Å². The molecule has 8 rings (SSSR count). The van der Waals surface area contributed by atoms with Crippen molar-refractivity contribution in [1.29, 1.82) is 0 Å². The molecule has 0 radical (unpaired) electrons. The van der Waals surface area contributed by atoms with Crippen molar-refractivity contribution >= 4 is 21.9 Å². The lowest BCUT2D eigenvalue weighted by Crippen LogP contribution is -2.48. The summed E-state index contributed by atoms with van der Waals surface area (Å²) >= 11 is 0. The molecular weight excluding hydrogens is 601 g/mol. The smallest absolute Gasteiger partial charge is 0.143 e. The van der Waals surface area contributed by atoms with Gasteiger partial charge in [-0.1, -0.05) is 140 Å². The summed E-state index contributed by atoms with van der Waals surface area (Å²) in [6.07, 6.45) is 0. The second kappa shape index (κ2) is 12.5. The van der Waals surface area contributed by atoms with Crippen molar-refractivity contribution in [3.05, 3.63) is 167 Å². The molecule has 0 fully saturated rings. The van der Waals surface area contributed by atoms with Crippen LogP contribution in [0.3, 0.4) is 0 Å².